The lowest BCUT2D eigenvalue weighted by Crippen LogP contribution is -2.44. The lowest BCUT2D eigenvalue weighted by Gasteiger charge is -2.39. The highest BCUT2D eigenvalue weighted by Gasteiger charge is 2.41. The summed E-state index contributed by atoms with van der Waals surface area (Å²) in [6, 6.07) is 0. The van der Waals surface area contributed by atoms with Gasteiger partial charge in [-0.2, -0.15) is 0 Å². The molecule has 0 radical (unpaired) electrons. The minimum atomic E-state index is -0.168. The average Bonchev–Trinajstić information content (AvgIpc) is 1.83. The third-order valence-corrected chi connectivity index (χ3v) is 2.76. The largest absolute Gasteiger partial charge is 0.329 e. The summed E-state index contributed by atoms with van der Waals surface area (Å²) in [7, 11) is 0. The normalized spacial score (nSPS) is 19.8. The Balaban J connectivity index is 2.55. The van der Waals surface area contributed by atoms with Gasteiger partial charge in [0.2, 0.25) is 0 Å². The molecule has 1 rings (SSSR count). The van der Waals surface area contributed by atoms with Crippen molar-refractivity contribution in [2.75, 3.05) is 6.54 Å². The zero-order chi connectivity index (χ0) is 9.19. The maximum Gasteiger partial charge on any atom is 0.144 e. The fourth-order valence-electron chi connectivity index (χ4n) is 1.66. The number of hydrogen-bond acceptors (Lipinski definition) is 2. The molecule has 1 aliphatic carbocycles. The van der Waals surface area contributed by atoms with Gasteiger partial charge in [-0.25, -0.2) is 0 Å². The maximum atomic E-state index is 11.6. The Morgan fingerprint density at radius 2 is 2.17 bits per heavy atom. The van der Waals surface area contributed by atoms with Gasteiger partial charge < -0.3 is 5.73 Å². The number of rotatable bonds is 4. The molecule has 68 valence electrons. The summed E-state index contributed by atoms with van der Waals surface area (Å²) in [6.45, 7) is 6.14. The Bertz CT molecular complexity index is 198. The van der Waals surface area contributed by atoms with E-state index in [-0.39, 0.29) is 5.41 Å². The van der Waals surface area contributed by atoms with E-state index in [9.17, 15) is 4.79 Å². The second kappa shape index (κ2) is 3.40. The molecule has 0 aromatic rings. The zero-order valence-corrected chi connectivity index (χ0v) is 7.73. The van der Waals surface area contributed by atoms with Crippen LogP contribution in [0.2, 0.25) is 0 Å². The number of carbonyl (C=O) groups excluding carboxylic acids is 1. The summed E-state index contributed by atoms with van der Waals surface area (Å²) in [5, 5.41) is 0. The van der Waals surface area contributed by atoms with Crippen molar-refractivity contribution in [2.24, 2.45) is 11.1 Å². The van der Waals surface area contributed by atoms with Crippen molar-refractivity contribution in [3.63, 3.8) is 0 Å². The van der Waals surface area contributed by atoms with Crippen LogP contribution in [0.1, 0.15) is 32.6 Å². The predicted octanol–water partition coefficient (Wildman–Crippen LogP) is 1.65. The van der Waals surface area contributed by atoms with E-state index in [0.717, 1.165) is 24.8 Å². The van der Waals surface area contributed by atoms with E-state index < -0.39 is 0 Å². The highest BCUT2D eigenvalue weighted by atomic mass is 16.1. The van der Waals surface area contributed by atoms with Crippen molar-refractivity contribution in [3.05, 3.63) is 12.2 Å². The van der Waals surface area contributed by atoms with E-state index >= 15 is 0 Å². The molecule has 0 aromatic heterocycles. The fraction of sp³-hybridized carbons (Fsp3) is 0.700. The van der Waals surface area contributed by atoms with Crippen molar-refractivity contribution in [1.82, 2.24) is 0 Å². The number of Topliss-reactive ketones (excluding diaryl/α,β-unsaturated/α-hetero) is 1. The summed E-state index contributed by atoms with van der Waals surface area (Å²) in [4.78, 5) is 11.6. The fourth-order valence-corrected chi connectivity index (χ4v) is 1.66. The third-order valence-electron chi connectivity index (χ3n) is 2.76. The predicted molar refractivity (Wildman–Crippen MR) is 49.8 cm³/mol. The van der Waals surface area contributed by atoms with Crippen LogP contribution < -0.4 is 5.73 Å². The van der Waals surface area contributed by atoms with Gasteiger partial charge in [0.1, 0.15) is 5.78 Å². The number of carbonyl (C=O) groups is 1. The van der Waals surface area contributed by atoms with Gasteiger partial charge in [-0.3, -0.25) is 4.79 Å². The minimum absolute atomic E-state index is 0.168. The molecule has 0 bridgehead atoms. The van der Waals surface area contributed by atoms with E-state index in [1.807, 2.05) is 6.92 Å². The number of nitrogens with two attached hydrogens (primary N) is 1. The molecule has 2 N–H and O–H groups in total. The van der Waals surface area contributed by atoms with E-state index in [1.165, 1.54) is 0 Å². The van der Waals surface area contributed by atoms with Gasteiger partial charge in [0.25, 0.3) is 0 Å². The summed E-state index contributed by atoms with van der Waals surface area (Å²) in [6.07, 6.45) is 3.63. The molecular formula is C10H17NO. The van der Waals surface area contributed by atoms with Crippen molar-refractivity contribution in [2.45, 2.75) is 32.6 Å². The molecule has 1 fully saturated rings. The van der Waals surface area contributed by atoms with Crippen molar-refractivity contribution in [1.29, 1.82) is 0 Å². The van der Waals surface area contributed by atoms with E-state index in [2.05, 4.69) is 6.58 Å². The van der Waals surface area contributed by atoms with Crippen molar-refractivity contribution in [3.8, 4) is 0 Å². The van der Waals surface area contributed by atoms with Crippen LogP contribution in [0.5, 0.6) is 0 Å². The zero-order valence-electron chi connectivity index (χ0n) is 7.73. The van der Waals surface area contributed by atoms with Crippen LogP contribution in [0.4, 0.5) is 0 Å². The van der Waals surface area contributed by atoms with Crippen molar-refractivity contribution >= 4 is 5.78 Å². The highest BCUT2D eigenvalue weighted by Crippen LogP contribution is 2.41. The SMILES string of the molecule is C=C(C)CC(=O)C1(CN)CCC1. The number of ketones is 1. The van der Waals surface area contributed by atoms with Crippen LogP contribution in [-0.2, 0) is 4.79 Å². The number of allylic oxidation sites excluding steroid dienone is 1. The maximum absolute atomic E-state index is 11.6. The molecule has 0 aromatic carbocycles. The van der Waals surface area contributed by atoms with Crippen LogP contribution in [-0.4, -0.2) is 12.3 Å². The Hall–Kier alpha value is -0.630. The van der Waals surface area contributed by atoms with Gasteiger partial charge in [-0.15, -0.1) is 0 Å². The molecule has 2 heteroatoms. The lowest BCUT2D eigenvalue weighted by molar-refractivity contribution is -0.132. The molecule has 0 unspecified atom stereocenters. The Labute approximate surface area is 73.8 Å². The molecule has 0 saturated heterocycles. The molecule has 0 spiro atoms. The quantitative estimate of drug-likeness (QED) is 0.647. The highest BCUT2D eigenvalue weighted by molar-refractivity contribution is 5.87. The Morgan fingerprint density at radius 3 is 2.42 bits per heavy atom. The van der Waals surface area contributed by atoms with E-state index in [0.29, 0.717) is 18.7 Å². The van der Waals surface area contributed by atoms with Crippen molar-refractivity contribution < 1.29 is 4.79 Å². The lowest BCUT2D eigenvalue weighted by atomic mass is 9.65. The molecule has 1 saturated carbocycles. The monoisotopic (exact) mass is 167 g/mol. The van der Waals surface area contributed by atoms with Gasteiger partial charge in [-0.05, 0) is 19.8 Å². The second-order valence-corrected chi connectivity index (χ2v) is 3.90. The first-order chi connectivity index (χ1) is 5.60. The molecule has 2 nitrogen and oxygen atoms in total. The second-order valence-electron chi connectivity index (χ2n) is 3.90. The Kier molecular flexibility index (Phi) is 2.68. The average molecular weight is 167 g/mol. The molecule has 0 amide bonds. The van der Waals surface area contributed by atoms with Crippen LogP contribution in [0, 0.1) is 5.41 Å². The summed E-state index contributed by atoms with van der Waals surface area (Å²) >= 11 is 0. The topological polar surface area (TPSA) is 43.1 Å². The molecule has 0 aliphatic heterocycles. The van der Waals surface area contributed by atoms with Gasteiger partial charge in [0.05, 0.1) is 0 Å². The first-order valence-corrected chi connectivity index (χ1v) is 4.48. The van der Waals surface area contributed by atoms with E-state index in [1.54, 1.807) is 0 Å². The number of hydrogen-bond donors (Lipinski definition) is 1. The molecule has 0 atom stereocenters. The van der Waals surface area contributed by atoms with Gasteiger partial charge in [-0.1, -0.05) is 18.6 Å². The standard InChI is InChI=1S/C10H17NO/c1-8(2)6-9(12)10(7-11)4-3-5-10/h1,3-7,11H2,2H3. The third kappa shape index (κ3) is 1.58. The van der Waals surface area contributed by atoms with Crippen LogP contribution in [0.15, 0.2) is 12.2 Å². The minimum Gasteiger partial charge on any atom is -0.329 e. The molecule has 12 heavy (non-hydrogen) atoms. The smallest absolute Gasteiger partial charge is 0.144 e. The molecule has 1 aliphatic rings. The van der Waals surface area contributed by atoms with Gasteiger partial charge in [0, 0.05) is 18.4 Å². The summed E-state index contributed by atoms with van der Waals surface area (Å²) in [5.74, 6) is 0.295. The van der Waals surface area contributed by atoms with Crippen LogP contribution >= 0.6 is 0 Å². The summed E-state index contributed by atoms with van der Waals surface area (Å²) in [5.41, 5.74) is 6.37. The van der Waals surface area contributed by atoms with Crippen LogP contribution in [0.25, 0.3) is 0 Å². The van der Waals surface area contributed by atoms with Gasteiger partial charge in [0.15, 0.2) is 0 Å². The summed E-state index contributed by atoms with van der Waals surface area (Å²) < 4.78 is 0. The Morgan fingerprint density at radius 1 is 1.58 bits per heavy atom. The van der Waals surface area contributed by atoms with Gasteiger partial charge >= 0.3 is 0 Å². The first kappa shape index (κ1) is 9.46. The van der Waals surface area contributed by atoms with E-state index in [4.69, 9.17) is 5.73 Å². The molecular weight excluding hydrogens is 150 g/mol. The van der Waals surface area contributed by atoms with Crippen LogP contribution in [0.3, 0.4) is 0 Å². The molecule has 0 heterocycles. The first-order valence-electron chi connectivity index (χ1n) is 4.48.